The third kappa shape index (κ3) is 8.51. The van der Waals surface area contributed by atoms with E-state index in [1.807, 2.05) is 6.92 Å². The van der Waals surface area contributed by atoms with Crippen LogP contribution in [0.5, 0.6) is 0 Å². The molecule has 0 saturated carbocycles. The molecule has 2 nitrogen and oxygen atoms in total. The van der Waals surface area contributed by atoms with E-state index in [1.54, 1.807) is 0 Å². The Morgan fingerprint density at radius 3 is 2.28 bits per heavy atom. The van der Waals surface area contributed by atoms with Crippen molar-refractivity contribution in [1.29, 1.82) is 0 Å². The van der Waals surface area contributed by atoms with Gasteiger partial charge < -0.3 is 10.6 Å². The first-order chi connectivity index (χ1) is 8.34. The predicted octanol–water partition coefficient (Wildman–Crippen LogP) is 3.50. The maximum absolute atomic E-state index is 13.9. The van der Waals surface area contributed by atoms with Crippen molar-refractivity contribution in [3.05, 3.63) is 12.3 Å². The molecule has 0 bridgehead atoms. The molecule has 18 heavy (non-hydrogen) atoms. The molecule has 2 atom stereocenters. The zero-order chi connectivity index (χ0) is 14.1. The summed E-state index contributed by atoms with van der Waals surface area (Å²) < 4.78 is 13.9. The van der Waals surface area contributed by atoms with Gasteiger partial charge in [-0.05, 0) is 31.2 Å². The van der Waals surface area contributed by atoms with Gasteiger partial charge in [0.1, 0.15) is 6.17 Å². The minimum absolute atomic E-state index is 0.103. The lowest BCUT2D eigenvalue weighted by atomic mass is 9.99. The molecule has 0 rings (SSSR count). The van der Waals surface area contributed by atoms with Crippen LogP contribution in [0.2, 0.25) is 0 Å². The third-order valence-electron chi connectivity index (χ3n) is 3.23. The van der Waals surface area contributed by atoms with Crippen molar-refractivity contribution in [3.8, 4) is 0 Å². The molecule has 2 unspecified atom stereocenters. The molecule has 0 aromatic carbocycles. The van der Waals surface area contributed by atoms with Crippen molar-refractivity contribution in [2.24, 2.45) is 11.8 Å². The molecule has 0 aliphatic rings. The van der Waals surface area contributed by atoms with Crippen LogP contribution in [0.3, 0.4) is 0 Å². The quantitative estimate of drug-likeness (QED) is 0.586. The summed E-state index contributed by atoms with van der Waals surface area (Å²) in [4.78, 5) is 0. The monoisotopic (exact) mass is 258 g/mol. The van der Waals surface area contributed by atoms with Gasteiger partial charge in [0, 0.05) is 18.3 Å². The van der Waals surface area contributed by atoms with Crippen LogP contribution in [0, 0.1) is 11.8 Å². The lowest BCUT2D eigenvalue weighted by molar-refractivity contribution is 0.224. The maximum atomic E-state index is 13.9. The van der Waals surface area contributed by atoms with Gasteiger partial charge in [-0.3, -0.25) is 0 Å². The van der Waals surface area contributed by atoms with Gasteiger partial charge in [-0.25, -0.2) is 4.39 Å². The van der Waals surface area contributed by atoms with E-state index in [0.717, 1.165) is 25.1 Å². The van der Waals surface area contributed by atoms with Crippen molar-refractivity contribution in [1.82, 2.24) is 10.6 Å². The minimum Gasteiger partial charge on any atom is -0.386 e. The van der Waals surface area contributed by atoms with Gasteiger partial charge in [-0.2, -0.15) is 0 Å². The summed E-state index contributed by atoms with van der Waals surface area (Å²) >= 11 is 0. The Hall–Kier alpha value is -0.570. The Labute approximate surface area is 112 Å². The molecule has 0 aliphatic carbocycles. The van der Waals surface area contributed by atoms with Crippen LogP contribution in [0.1, 0.15) is 47.5 Å². The third-order valence-corrected chi connectivity index (χ3v) is 3.23. The van der Waals surface area contributed by atoms with Crippen molar-refractivity contribution in [3.63, 3.8) is 0 Å². The molecule has 0 aliphatic heterocycles. The lowest BCUT2D eigenvalue weighted by Crippen LogP contribution is -2.30. The summed E-state index contributed by atoms with van der Waals surface area (Å²) in [5.41, 5.74) is 0.923. The number of hydrogen-bond acceptors (Lipinski definition) is 2. The molecule has 0 aromatic heterocycles. The normalized spacial score (nSPS) is 14.9. The molecule has 0 heterocycles. The number of alkyl halides is 1. The second-order valence-corrected chi connectivity index (χ2v) is 5.81. The van der Waals surface area contributed by atoms with E-state index in [9.17, 15) is 4.39 Å². The highest BCUT2D eigenvalue weighted by Gasteiger charge is 2.16. The highest BCUT2D eigenvalue weighted by molar-refractivity contribution is 4.95. The van der Waals surface area contributed by atoms with Crippen LogP contribution in [-0.2, 0) is 0 Å². The van der Waals surface area contributed by atoms with Crippen molar-refractivity contribution >= 4 is 0 Å². The molecule has 0 aromatic rings. The average molecular weight is 258 g/mol. The van der Waals surface area contributed by atoms with E-state index in [4.69, 9.17) is 0 Å². The van der Waals surface area contributed by atoms with Crippen molar-refractivity contribution < 1.29 is 4.39 Å². The summed E-state index contributed by atoms with van der Waals surface area (Å²) in [6, 6.07) is 0.512. The summed E-state index contributed by atoms with van der Waals surface area (Å²) in [6.45, 7) is 15.6. The molecule has 0 saturated heterocycles. The number of nitrogens with one attached hydrogen (secondary N) is 2. The average Bonchev–Trinajstić information content (AvgIpc) is 2.30. The van der Waals surface area contributed by atoms with Crippen LogP contribution < -0.4 is 10.6 Å². The van der Waals surface area contributed by atoms with Gasteiger partial charge in [0.2, 0.25) is 0 Å². The smallest absolute Gasteiger partial charge is 0.120 e. The molecule has 0 spiro atoms. The fourth-order valence-corrected chi connectivity index (χ4v) is 1.63. The van der Waals surface area contributed by atoms with E-state index in [2.05, 4.69) is 44.9 Å². The lowest BCUT2D eigenvalue weighted by Gasteiger charge is -2.20. The van der Waals surface area contributed by atoms with E-state index < -0.39 is 6.17 Å². The van der Waals surface area contributed by atoms with Crippen LogP contribution >= 0.6 is 0 Å². The maximum Gasteiger partial charge on any atom is 0.120 e. The van der Waals surface area contributed by atoms with Gasteiger partial charge in [-0.15, -0.1) is 0 Å². The van der Waals surface area contributed by atoms with Crippen LogP contribution in [0.25, 0.3) is 0 Å². The molecule has 108 valence electrons. The Kier molecular flexibility index (Phi) is 9.08. The topological polar surface area (TPSA) is 24.1 Å². The number of allylic oxidation sites excluding steroid dienone is 1. The van der Waals surface area contributed by atoms with Gasteiger partial charge in [-0.1, -0.05) is 41.2 Å². The Bertz CT molecular complexity index is 227. The Balaban J connectivity index is 3.69. The van der Waals surface area contributed by atoms with Crippen LogP contribution in [-0.4, -0.2) is 25.3 Å². The molecular formula is C15H31FN2. The molecule has 2 N–H and O–H groups in total. The number of rotatable bonds is 10. The molecule has 0 radical (unpaired) electrons. The number of hydrogen-bond donors (Lipinski definition) is 2. The molecule has 0 amide bonds. The summed E-state index contributed by atoms with van der Waals surface area (Å²) in [5.74, 6) is 0.467. The first-order valence-corrected chi connectivity index (χ1v) is 7.14. The van der Waals surface area contributed by atoms with E-state index in [0.29, 0.717) is 18.5 Å². The fraction of sp³-hybridized carbons (Fsp3) is 0.867. The molecular weight excluding hydrogens is 227 g/mol. The van der Waals surface area contributed by atoms with Gasteiger partial charge >= 0.3 is 0 Å². The van der Waals surface area contributed by atoms with E-state index in [-0.39, 0.29) is 5.92 Å². The summed E-state index contributed by atoms with van der Waals surface area (Å²) in [6.07, 6.45) is 1.17. The second-order valence-electron chi connectivity index (χ2n) is 5.81. The molecule has 0 fully saturated rings. The minimum atomic E-state index is -0.792. The second kappa shape index (κ2) is 9.37. The fourth-order valence-electron chi connectivity index (χ4n) is 1.63. The Morgan fingerprint density at radius 2 is 1.78 bits per heavy atom. The summed E-state index contributed by atoms with van der Waals surface area (Å²) in [7, 11) is 0. The largest absolute Gasteiger partial charge is 0.386 e. The molecule has 3 heteroatoms. The van der Waals surface area contributed by atoms with Crippen LogP contribution in [0.15, 0.2) is 12.3 Å². The van der Waals surface area contributed by atoms with Gasteiger partial charge in [0.25, 0.3) is 0 Å². The zero-order valence-electron chi connectivity index (χ0n) is 12.7. The zero-order valence-corrected chi connectivity index (χ0v) is 12.7. The summed E-state index contributed by atoms with van der Waals surface area (Å²) in [5, 5.41) is 6.44. The van der Waals surface area contributed by atoms with Gasteiger partial charge in [0.05, 0.1) is 0 Å². The van der Waals surface area contributed by atoms with Crippen molar-refractivity contribution in [2.45, 2.75) is 59.7 Å². The Morgan fingerprint density at radius 1 is 1.17 bits per heavy atom. The predicted molar refractivity (Wildman–Crippen MR) is 78.4 cm³/mol. The van der Waals surface area contributed by atoms with Crippen LogP contribution in [0.4, 0.5) is 4.39 Å². The van der Waals surface area contributed by atoms with E-state index >= 15 is 0 Å². The highest BCUT2D eigenvalue weighted by atomic mass is 19.1. The SMILES string of the molecule is C=C(NCC(F)C(C)CCCNC(C)C)C(C)C. The van der Waals surface area contributed by atoms with Gasteiger partial charge in [0.15, 0.2) is 0 Å². The van der Waals surface area contributed by atoms with E-state index in [1.165, 1.54) is 0 Å². The van der Waals surface area contributed by atoms with Crippen molar-refractivity contribution in [2.75, 3.05) is 13.1 Å². The first kappa shape index (κ1) is 17.4. The number of halogens is 1. The highest BCUT2D eigenvalue weighted by Crippen LogP contribution is 2.14. The first-order valence-electron chi connectivity index (χ1n) is 7.14. The standard InChI is InChI=1S/C15H31FN2/c1-11(2)14(6)18-10-15(16)13(5)8-7-9-17-12(3)4/h11-13,15,17-18H,6-10H2,1-5H3.